The van der Waals surface area contributed by atoms with Crippen molar-refractivity contribution in [2.24, 2.45) is 0 Å². The van der Waals surface area contributed by atoms with Gasteiger partial charge in [0.1, 0.15) is 0 Å². The van der Waals surface area contributed by atoms with Crippen molar-refractivity contribution in [3.05, 3.63) is 107 Å². The number of morpholine rings is 1. The molecule has 0 radical (unpaired) electrons. The Hall–Kier alpha value is -4.21. The van der Waals surface area contributed by atoms with Crippen LogP contribution >= 0.6 is 12.2 Å². The molecule has 0 saturated carbocycles. The first-order chi connectivity index (χ1) is 20.9. The van der Waals surface area contributed by atoms with Gasteiger partial charge in [0.2, 0.25) is 5.91 Å². The number of nitrogens with zero attached hydrogens (tertiary/aromatic N) is 4. The van der Waals surface area contributed by atoms with Crippen LogP contribution in [0.1, 0.15) is 46.7 Å². The summed E-state index contributed by atoms with van der Waals surface area (Å²) in [6.45, 7) is 10.1. The second kappa shape index (κ2) is 12.6. The minimum atomic E-state index is -0.147. The second-order valence-corrected chi connectivity index (χ2v) is 11.7. The third kappa shape index (κ3) is 6.14. The Labute approximate surface area is 258 Å². The Morgan fingerprint density at radius 3 is 2.49 bits per heavy atom. The molecular weight excluding hydrogens is 556 g/mol. The first-order valence-corrected chi connectivity index (χ1v) is 15.3. The van der Waals surface area contributed by atoms with Crippen molar-refractivity contribution in [2.75, 3.05) is 43.1 Å². The van der Waals surface area contributed by atoms with Crippen molar-refractivity contribution in [2.45, 2.75) is 39.3 Å². The molecule has 2 N–H and O–H groups in total. The van der Waals surface area contributed by atoms with Gasteiger partial charge in [-0.1, -0.05) is 18.2 Å². The molecule has 2 aliphatic heterocycles. The molecule has 222 valence electrons. The molecule has 0 bridgehead atoms. The minimum Gasteiger partial charge on any atom is -0.378 e. The number of benzene rings is 2. The first-order valence-electron chi connectivity index (χ1n) is 14.9. The van der Waals surface area contributed by atoms with Gasteiger partial charge in [0.15, 0.2) is 5.11 Å². The summed E-state index contributed by atoms with van der Waals surface area (Å²) in [4.78, 5) is 22.2. The predicted octanol–water partition coefficient (Wildman–Crippen LogP) is 5.64. The minimum absolute atomic E-state index is 0.0423. The molecule has 0 spiro atoms. The molecule has 1 amide bonds. The number of hydrogen-bond donors (Lipinski definition) is 2. The summed E-state index contributed by atoms with van der Waals surface area (Å²) in [6.07, 6.45) is 2.12. The smallest absolute Gasteiger partial charge is 0.226 e. The molecule has 2 aromatic carbocycles. The SMILES string of the molecule is Cc1cccc(NC(=O)CCN2C(=S)NC(c3ccccn3)C2c2cc(C)n(-c3ccc(N4CCOCC4)cc3)c2C)c1. The Balaban J connectivity index is 1.28. The molecule has 0 aliphatic carbocycles. The fraction of sp³-hybridized carbons (Fsp3) is 0.324. The Morgan fingerprint density at radius 2 is 1.77 bits per heavy atom. The molecule has 2 saturated heterocycles. The molecule has 2 atom stereocenters. The summed E-state index contributed by atoms with van der Waals surface area (Å²) < 4.78 is 7.83. The largest absolute Gasteiger partial charge is 0.378 e. The number of rotatable bonds is 8. The molecular formula is C34H38N6O2S. The van der Waals surface area contributed by atoms with E-state index < -0.39 is 0 Å². The van der Waals surface area contributed by atoms with E-state index in [1.165, 1.54) is 5.69 Å². The van der Waals surface area contributed by atoms with Gasteiger partial charge >= 0.3 is 0 Å². The highest BCUT2D eigenvalue weighted by Crippen LogP contribution is 2.41. The average molecular weight is 595 g/mol. The summed E-state index contributed by atoms with van der Waals surface area (Å²) in [6, 6.07) is 24.6. The van der Waals surface area contributed by atoms with Crippen molar-refractivity contribution in [3.63, 3.8) is 0 Å². The summed E-state index contributed by atoms with van der Waals surface area (Å²) in [5.74, 6) is -0.0423. The van der Waals surface area contributed by atoms with Crippen LogP contribution in [0.15, 0.2) is 79.0 Å². The average Bonchev–Trinajstić information content (AvgIpc) is 3.51. The number of pyridine rings is 1. The van der Waals surface area contributed by atoms with E-state index in [0.29, 0.717) is 18.1 Å². The third-order valence-corrected chi connectivity index (χ3v) is 8.70. The van der Waals surface area contributed by atoms with Crippen molar-refractivity contribution >= 4 is 34.6 Å². The number of amides is 1. The molecule has 2 aromatic heterocycles. The van der Waals surface area contributed by atoms with Crippen LogP contribution in [0.3, 0.4) is 0 Å². The second-order valence-electron chi connectivity index (χ2n) is 11.3. The quantitative estimate of drug-likeness (QED) is 0.256. The summed E-state index contributed by atoms with van der Waals surface area (Å²) in [5.41, 5.74) is 8.60. The fourth-order valence-corrected chi connectivity index (χ4v) is 6.60. The van der Waals surface area contributed by atoms with Crippen LogP contribution in [0.5, 0.6) is 0 Å². The van der Waals surface area contributed by atoms with E-state index in [-0.39, 0.29) is 18.0 Å². The van der Waals surface area contributed by atoms with Crippen molar-refractivity contribution < 1.29 is 9.53 Å². The first kappa shape index (κ1) is 28.9. The number of anilines is 2. The molecule has 43 heavy (non-hydrogen) atoms. The fourth-order valence-electron chi connectivity index (χ4n) is 6.27. The maximum atomic E-state index is 13.0. The molecule has 2 unspecified atom stereocenters. The zero-order chi connectivity index (χ0) is 29.9. The van der Waals surface area contributed by atoms with Gasteiger partial charge in [-0.05, 0) is 98.7 Å². The Bertz CT molecular complexity index is 1600. The van der Waals surface area contributed by atoms with E-state index in [4.69, 9.17) is 17.0 Å². The van der Waals surface area contributed by atoms with Gasteiger partial charge in [-0.2, -0.15) is 0 Å². The van der Waals surface area contributed by atoms with Crippen molar-refractivity contribution in [1.82, 2.24) is 19.8 Å². The molecule has 6 rings (SSSR count). The molecule has 2 aliphatic rings. The lowest BCUT2D eigenvalue weighted by Gasteiger charge is -2.29. The van der Waals surface area contributed by atoms with E-state index >= 15 is 0 Å². The highest BCUT2D eigenvalue weighted by Gasteiger charge is 2.41. The number of aryl methyl sites for hydroxylation is 2. The van der Waals surface area contributed by atoms with E-state index in [0.717, 1.165) is 65.9 Å². The predicted molar refractivity (Wildman–Crippen MR) is 175 cm³/mol. The lowest BCUT2D eigenvalue weighted by atomic mass is 9.96. The summed E-state index contributed by atoms with van der Waals surface area (Å²) in [5, 5.41) is 7.19. The zero-order valence-corrected chi connectivity index (χ0v) is 25.7. The van der Waals surface area contributed by atoms with Crippen LogP contribution in [0.2, 0.25) is 0 Å². The number of carbonyl (C=O) groups excluding carboxylic acids is 1. The van der Waals surface area contributed by atoms with Crippen LogP contribution in [0, 0.1) is 20.8 Å². The standard InChI is InChI=1S/C34H38N6O2S/c1-23-7-6-8-26(21-23)36-31(41)14-16-39-33(32(37-34(39)43)30-9-4-5-15-35-30)29-22-24(2)40(25(29)3)28-12-10-27(11-13-28)38-17-19-42-20-18-38/h4-13,15,21-22,32-33H,14,16-20H2,1-3H3,(H,36,41)(H,37,43). The van der Waals surface area contributed by atoms with E-state index in [2.05, 4.69) is 74.2 Å². The van der Waals surface area contributed by atoms with Gasteiger partial charge in [-0.3, -0.25) is 9.78 Å². The number of ether oxygens (including phenoxy) is 1. The summed E-state index contributed by atoms with van der Waals surface area (Å²) >= 11 is 5.88. The van der Waals surface area contributed by atoms with Gasteiger partial charge < -0.3 is 29.7 Å². The third-order valence-electron chi connectivity index (χ3n) is 8.35. The lowest BCUT2D eigenvalue weighted by Crippen LogP contribution is -2.36. The van der Waals surface area contributed by atoms with Crippen molar-refractivity contribution in [1.29, 1.82) is 0 Å². The lowest BCUT2D eigenvalue weighted by molar-refractivity contribution is -0.116. The topological polar surface area (TPSA) is 74.7 Å². The molecule has 2 fully saturated rings. The maximum Gasteiger partial charge on any atom is 0.226 e. The number of aromatic nitrogens is 2. The van der Waals surface area contributed by atoms with Crippen LogP contribution in [0.25, 0.3) is 5.69 Å². The number of carbonyl (C=O) groups is 1. The van der Waals surface area contributed by atoms with Gasteiger partial charge in [-0.15, -0.1) is 0 Å². The normalized spacial score (nSPS) is 18.5. The van der Waals surface area contributed by atoms with Gasteiger partial charge in [0.05, 0.1) is 31.0 Å². The maximum absolute atomic E-state index is 13.0. The number of nitrogens with one attached hydrogen (secondary N) is 2. The highest BCUT2D eigenvalue weighted by molar-refractivity contribution is 7.80. The summed E-state index contributed by atoms with van der Waals surface area (Å²) in [7, 11) is 0. The van der Waals surface area contributed by atoms with Gasteiger partial charge in [0.25, 0.3) is 0 Å². The number of hydrogen-bond acceptors (Lipinski definition) is 5. The van der Waals surface area contributed by atoms with Crippen LogP contribution in [0.4, 0.5) is 11.4 Å². The van der Waals surface area contributed by atoms with Crippen LogP contribution < -0.4 is 15.5 Å². The Morgan fingerprint density at radius 1 is 1.00 bits per heavy atom. The highest BCUT2D eigenvalue weighted by atomic mass is 32.1. The van der Waals surface area contributed by atoms with E-state index in [1.807, 2.05) is 55.6 Å². The number of thiocarbonyl (C=S) groups is 1. The van der Waals surface area contributed by atoms with Crippen LogP contribution in [-0.4, -0.2) is 58.3 Å². The monoisotopic (exact) mass is 594 g/mol. The molecule has 9 heteroatoms. The van der Waals surface area contributed by atoms with Gasteiger partial charge in [0, 0.05) is 60.7 Å². The van der Waals surface area contributed by atoms with Gasteiger partial charge in [-0.25, -0.2) is 0 Å². The van der Waals surface area contributed by atoms with Crippen molar-refractivity contribution in [3.8, 4) is 5.69 Å². The molecule has 8 nitrogen and oxygen atoms in total. The molecule has 4 heterocycles. The van der Waals surface area contributed by atoms with E-state index in [1.54, 1.807) is 0 Å². The van der Waals surface area contributed by atoms with E-state index in [9.17, 15) is 4.79 Å². The molecule has 4 aromatic rings. The Kier molecular flexibility index (Phi) is 8.44. The zero-order valence-electron chi connectivity index (χ0n) is 24.9. The van der Waals surface area contributed by atoms with Crippen LogP contribution in [-0.2, 0) is 9.53 Å².